The topological polar surface area (TPSA) is 184 Å². The van der Waals surface area contributed by atoms with Crippen LogP contribution in [0.3, 0.4) is 0 Å². The summed E-state index contributed by atoms with van der Waals surface area (Å²) >= 11 is 0. The molecule has 3 aliphatic carbocycles. The van der Waals surface area contributed by atoms with Gasteiger partial charge in [0.25, 0.3) is 5.91 Å². The van der Waals surface area contributed by atoms with E-state index in [1.807, 2.05) is 0 Å². The van der Waals surface area contributed by atoms with Crippen LogP contribution in [0.5, 0.6) is 5.75 Å². The molecule has 4 rings (SSSR count). The number of carbonyl (C=O) groups excluding carboxylic acids is 3. The van der Waals surface area contributed by atoms with E-state index in [9.17, 15) is 34.8 Å². The molecular formula is C19H18N2O7. The van der Waals surface area contributed by atoms with Crippen molar-refractivity contribution in [2.75, 3.05) is 5.73 Å². The Morgan fingerprint density at radius 2 is 1.82 bits per heavy atom. The number of fused-ring (bicyclic) bond motifs is 3. The Morgan fingerprint density at radius 3 is 2.46 bits per heavy atom. The highest BCUT2D eigenvalue weighted by Gasteiger charge is 2.60. The van der Waals surface area contributed by atoms with Crippen molar-refractivity contribution < 1.29 is 34.8 Å². The Labute approximate surface area is 158 Å². The van der Waals surface area contributed by atoms with Gasteiger partial charge < -0.3 is 31.9 Å². The van der Waals surface area contributed by atoms with Crippen LogP contribution in [0, 0.1) is 11.8 Å². The van der Waals surface area contributed by atoms with Crippen LogP contribution in [0.4, 0.5) is 5.69 Å². The first-order chi connectivity index (χ1) is 13.1. The van der Waals surface area contributed by atoms with Gasteiger partial charge in [-0.05, 0) is 30.4 Å². The molecule has 0 bridgehead atoms. The zero-order valence-electron chi connectivity index (χ0n) is 14.6. The van der Waals surface area contributed by atoms with Gasteiger partial charge in [0.05, 0.1) is 11.3 Å². The molecule has 146 valence electrons. The van der Waals surface area contributed by atoms with Crippen molar-refractivity contribution in [1.29, 1.82) is 0 Å². The van der Waals surface area contributed by atoms with Crippen LogP contribution in [0.15, 0.2) is 29.0 Å². The van der Waals surface area contributed by atoms with Gasteiger partial charge in [-0.2, -0.15) is 0 Å². The average Bonchev–Trinajstić information content (AvgIpc) is 2.61. The van der Waals surface area contributed by atoms with Gasteiger partial charge in [0.15, 0.2) is 11.4 Å². The number of carbonyl (C=O) groups is 3. The molecule has 8 N–H and O–H groups in total. The molecule has 0 radical (unpaired) electrons. The Balaban J connectivity index is 1.94. The van der Waals surface area contributed by atoms with Gasteiger partial charge in [0.2, 0.25) is 5.78 Å². The van der Waals surface area contributed by atoms with Crippen molar-refractivity contribution in [3.05, 3.63) is 40.2 Å². The number of hydrogen-bond donors (Lipinski definition) is 6. The lowest BCUT2D eigenvalue weighted by Crippen LogP contribution is -2.58. The molecule has 3 atom stereocenters. The molecule has 9 nitrogen and oxygen atoms in total. The van der Waals surface area contributed by atoms with E-state index in [1.54, 1.807) is 6.07 Å². The summed E-state index contributed by atoms with van der Waals surface area (Å²) in [5.74, 6) is -6.55. The van der Waals surface area contributed by atoms with Crippen molar-refractivity contribution in [2.45, 2.75) is 24.9 Å². The van der Waals surface area contributed by atoms with Gasteiger partial charge in [-0.15, -0.1) is 0 Å². The van der Waals surface area contributed by atoms with Crippen molar-refractivity contribution >= 4 is 28.9 Å². The molecule has 1 aromatic carbocycles. The Morgan fingerprint density at radius 1 is 1.14 bits per heavy atom. The SMILES string of the molecule is NC(=O)C1=C(O)[C@@]2(O)C(=O)C3=C(O)c4c(ccc(N)c4O)C[C@H]3C[C@H]2CC1=O. The summed E-state index contributed by atoms with van der Waals surface area (Å²) in [7, 11) is 0. The fourth-order valence-electron chi connectivity index (χ4n) is 4.61. The standard InChI is InChI=1S/C19H18N2O7/c20-9-2-1-6-3-7-4-8-5-10(22)13(18(21)27)17(26)19(8,28)16(25)12(7)15(24)11(6)14(9)23/h1-2,7-8,23-24,26,28H,3-5,20H2,(H2,21,27)/t7-,8-,19-/m0/s1. The summed E-state index contributed by atoms with van der Waals surface area (Å²) in [6, 6.07) is 3.10. The monoisotopic (exact) mass is 386 g/mol. The summed E-state index contributed by atoms with van der Waals surface area (Å²) in [5.41, 5.74) is 7.82. The Kier molecular flexibility index (Phi) is 3.60. The molecule has 1 fully saturated rings. The summed E-state index contributed by atoms with van der Waals surface area (Å²) in [5, 5.41) is 42.4. The molecular weight excluding hydrogens is 368 g/mol. The largest absolute Gasteiger partial charge is 0.508 e. The van der Waals surface area contributed by atoms with E-state index in [0.717, 1.165) is 0 Å². The third kappa shape index (κ3) is 2.07. The average molecular weight is 386 g/mol. The van der Waals surface area contributed by atoms with E-state index < -0.39 is 52.0 Å². The normalized spacial score (nSPS) is 29.3. The number of nitrogens with two attached hydrogens (primary N) is 2. The molecule has 1 amide bonds. The van der Waals surface area contributed by atoms with Crippen LogP contribution in [-0.2, 0) is 20.8 Å². The van der Waals surface area contributed by atoms with Gasteiger partial charge in [-0.25, -0.2) is 0 Å². The molecule has 9 heteroatoms. The summed E-state index contributed by atoms with van der Waals surface area (Å²) in [4.78, 5) is 36.9. The number of aliphatic hydroxyl groups excluding tert-OH is 2. The van der Waals surface area contributed by atoms with Crippen LogP contribution < -0.4 is 11.5 Å². The highest BCUT2D eigenvalue weighted by molar-refractivity contribution is 6.22. The smallest absolute Gasteiger partial charge is 0.255 e. The number of benzene rings is 1. The fourth-order valence-corrected chi connectivity index (χ4v) is 4.61. The summed E-state index contributed by atoms with van der Waals surface area (Å²) < 4.78 is 0. The maximum Gasteiger partial charge on any atom is 0.255 e. The number of hydrogen-bond acceptors (Lipinski definition) is 8. The zero-order chi connectivity index (χ0) is 20.5. The minimum atomic E-state index is -2.55. The Bertz CT molecular complexity index is 1040. The number of primary amides is 1. The number of Topliss-reactive ketones (excluding diaryl/α,β-unsaturated/α-hetero) is 2. The summed E-state index contributed by atoms with van der Waals surface area (Å²) in [6.45, 7) is 0. The van der Waals surface area contributed by atoms with Crippen molar-refractivity contribution in [1.82, 2.24) is 0 Å². The van der Waals surface area contributed by atoms with E-state index in [4.69, 9.17) is 11.5 Å². The predicted molar refractivity (Wildman–Crippen MR) is 95.8 cm³/mol. The van der Waals surface area contributed by atoms with Gasteiger partial charge in [-0.1, -0.05) is 6.07 Å². The lowest BCUT2D eigenvalue weighted by molar-refractivity contribution is -0.147. The van der Waals surface area contributed by atoms with Crippen LogP contribution >= 0.6 is 0 Å². The number of rotatable bonds is 1. The zero-order valence-corrected chi connectivity index (χ0v) is 14.6. The molecule has 0 aromatic heterocycles. The van der Waals surface area contributed by atoms with Gasteiger partial charge in [-0.3, -0.25) is 14.4 Å². The molecule has 1 saturated carbocycles. The predicted octanol–water partition coefficient (Wildman–Crippen LogP) is 0.00610. The van der Waals surface area contributed by atoms with Gasteiger partial charge >= 0.3 is 0 Å². The highest BCUT2D eigenvalue weighted by atomic mass is 16.3. The second-order valence-electron chi connectivity index (χ2n) is 7.44. The van der Waals surface area contributed by atoms with Crippen molar-refractivity contribution in [3.63, 3.8) is 0 Å². The van der Waals surface area contributed by atoms with Crippen molar-refractivity contribution in [3.8, 4) is 5.75 Å². The van der Waals surface area contributed by atoms with Crippen LogP contribution in [0.25, 0.3) is 5.76 Å². The number of amides is 1. The highest BCUT2D eigenvalue weighted by Crippen LogP contribution is 2.52. The third-order valence-electron chi connectivity index (χ3n) is 5.97. The second kappa shape index (κ2) is 5.59. The number of phenolic OH excluding ortho intramolecular Hbond substituents is 1. The molecule has 0 unspecified atom stereocenters. The molecule has 3 aliphatic rings. The van der Waals surface area contributed by atoms with Gasteiger partial charge in [0.1, 0.15) is 22.8 Å². The molecule has 0 heterocycles. The van der Waals surface area contributed by atoms with E-state index in [1.165, 1.54) is 6.07 Å². The first kappa shape index (κ1) is 18.1. The van der Waals surface area contributed by atoms with Crippen molar-refractivity contribution in [2.24, 2.45) is 17.6 Å². The van der Waals surface area contributed by atoms with Crippen LogP contribution in [-0.4, -0.2) is 43.5 Å². The number of nitrogen functional groups attached to an aromatic ring is 1. The second-order valence-corrected chi connectivity index (χ2v) is 7.44. The van der Waals surface area contributed by atoms with E-state index in [0.29, 0.717) is 5.56 Å². The number of phenols is 1. The number of anilines is 1. The van der Waals surface area contributed by atoms with E-state index >= 15 is 0 Å². The van der Waals surface area contributed by atoms with E-state index in [-0.39, 0.29) is 41.8 Å². The molecule has 28 heavy (non-hydrogen) atoms. The van der Waals surface area contributed by atoms with Crippen LogP contribution in [0.1, 0.15) is 24.0 Å². The van der Waals surface area contributed by atoms with Gasteiger partial charge in [0, 0.05) is 17.9 Å². The molecule has 0 saturated heterocycles. The maximum absolute atomic E-state index is 13.2. The maximum atomic E-state index is 13.2. The number of aliphatic hydroxyl groups is 3. The Hall–Kier alpha value is -3.33. The molecule has 1 aromatic rings. The first-order valence-electron chi connectivity index (χ1n) is 8.66. The lowest BCUT2D eigenvalue weighted by atomic mass is 9.59. The first-order valence-corrected chi connectivity index (χ1v) is 8.66. The van der Waals surface area contributed by atoms with E-state index in [2.05, 4.69) is 0 Å². The lowest BCUT2D eigenvalue weighted by Gasteiger charge is -2.46. The minimum Gasteiger partial charge on any atom is -0.508 e. The van der Waals surface area contributed by atoms with Crippen LogP contribution in [0.2, 0.25) is 0 Å². The fraction of sp³-hybridized carbons (Fsp3) is 0.316. The third-order valence-corrected chi connectivity index (χ3v) is 5.97. The summed E-state index contributed by atoms with van der Waals surface area (Å²) in [6.07, 6.45) is 0.0330. The molecule has 0 spiro atoms. The number of ketones is 2. The number of aromatic hydroxyl groups is 1. The molecule has 0 aliphatic heterocycles. The minimum absolute atomic E-state index is 0.00576. The quantitative estimate of drug-likeness (QED) is 0.221.